The van der Waals surface area contributed by atoms with Gasteiger partial charge in [-0.25, -0.2) is 0 Å². The summed E-state index contributed by atoms with van der Waals surface area (Å²) in [4.78, 5) is 4.82. The zero-order chi connectivity index (χ0) is 16.9. The molecule has 0 saturated carbocycles. The van der Waals surface area contributed by atoms with Gasteiger partial charge in [-0.05, 0) is 37.2 Å². The fourth-order valence-electron chi connectivity index (χ4n) is 3.15. The Kier molecular flexibility index (Phi) is 5.15. The van der Waals surface area contributed by atoms with E-state index in [0.29, 0.717) is 6.54 Å². The Balaban J connectivity index is 1.43. The van der Waals surface area contributed by atoms with E-state index in [4.69, 9.17) is 4.74 Å². The lowest BCUT2D eigenvalue weighted by molar-refractivity contribution is 0.246. The van der Waals surface area contributed by atoms with Crippen LogP contribution in [-0.2, 0) is 6.54 Å². The van der Waals surface area contributed by atoms with Gasteiger partial charge in [-0.15, -0.1) is 0 Å². The van der Waals surface area contributed by atoms with E-state index in [2.05, 4.69) is 21.9 Å². The normalized spacial score (nSPS) is 15.6. The smallest absolute Gasteiger partial charge is 0.193 e. The zero-order valence-electron chi connectivity index (χ0n) is 14.1. The van der Waals surface area contributed by atoms with Crippen LogP contribution in [0.2, 0.25) is 0 Å². The molecule has 0 radical (unpaired) electrons. The third kappa shape index (κ3) is 3.76. The molecule has 1 fully saturated rings. The van der Waals surface area contributed by atoms with Crippen molar-refractivity contribution in [3.05, 3.63) is 36.4 Å². The standard InChI is InChI=1S/C18H25N3O3/c1-24-16-5-3-15(4-6-16)20-13-11-19(12-14-20)9-2-10-21-17(22)7-8-18(21)23/h3-8,22-23H,2,9-14H2,1H3. The summed E-state index contributed by atoms with van der Waals surface area (Å²) in [5, 5.41) is 19.3. The van der Waals surface area contributed by atoms with Gasteiger partial charge in [0, 0.05) is 50.5 Å². The van der Waals surface area contributed by atoms with E-state index in [0.717, 1.165) is 44.9 Å². The molecule has 0 bridgehead atoms. The molecule has 0 aliphatic carbocycles. The van der Waals surface area contributed by atoms with Gasteiger partial charge in [0.25, 0.3) is 0 Å². The van der Waals surface area contributed by atoms with Crippen molar-refractivity contribution in [2.75, 3.05) is 44.7 Å². The number of methoxy groups -OCH3 is 1. The molecule has 2 aromatic rings. The molecule has 2 N–H and O–H groups in total. The van der Waals surface area contributed by atoms with Gasteiger partial charge in [0.05, 0.1) is 7.11 Å². The minimum absolute atomic E-state index is 0.122. The number of piperazine rings is 1. The number of hydrogen-bond acceptors (Lipinski definition) is 5. The fourth-order valence-corrected chi connectivity index (χ4v) is 3.15. The molecule has 2 heterocycles. The second-order valence-corrected chi connectivity index (χ2v) is 6.08. The van der Waals surface area contributed by atoms with Crippen molar-refractivity contribution >= 4 is 5.69 Å². The fraction of sp³-hybridized carbons (Fsp3) is 0.444. The second-order valence-electron chi connectivity index (χ2n) is 6.08. The molecule has 1 saturated heterocycles. The molecular formula is C18H25N3O3. The highest BCUT2D eigenvalue weighted by atomic mass is 16.5. The van der Waals surface area contributed by atoms with Crippen LogP contribution in [0.5, 0.6) is 17.5 Å². The maximum Gasteiger partial charge on any atom is 0.193 e. The topological polar surface area (TPSA) is 61.1 Å². The lowest BCUT2D eigenvalue weighted by atomic mass is 10.2. The summed E-state index contributed by atoms with van der Waals surface area (Å²) in [5.74, 6) is 1.13. The third-order valence-corrected chi connectivity index (χ3v) is 4.60. The van der Waals surface area contributed by atoms with E-state index in [9.17, 15) is 10.2 Å². The van der Waals surface area contributed by atoms with E-state index in [-0.39, 0.29) is 11.8 Å². The number of ether oxygens (including phenoxy) is 1. The van der Waals surface area contributed by atoms with Gasteiger partial charge in [0.2, 0.25) is 0 Å². The van der Waals surface area contributed by atoms with Crippen LogP contribution < -0.4 is 9.64 Å². The third-order valence-electron chi connectivity index (χ3n) is 4.60. The Morgan fingerprint density at radius 2 is 1.50 bits per heavy atom. The number of rotatable bonds is 6. The van der Waals surface area contributed by atoms with E-state index in [1.807, 2.05) is 12.1 Å². The molecule has 6 nitrogen and oxygen atoms in total. The number of anilines is 1. The van der Waals surface area contributed by atoms with Crippen LogP contribution in [0.3, 0.4) is 0 Å². The molecule has 0 spiro atoms. The van der Waals surface area contributed by atoms with Crippen molar-refractivity contribution in [3.8, 4) is 17.5 Å². The first kappa shape index (κ1) is 16.5. The van der Waals surface area contributed by atoms with Crippen LogP contribution >= 0.6 is 0 Å². The predicted octanol–water partition coefficient (Wildman–Crippen LogP) is 2.12. The largest absolute Gasteiger partial charge is 0.497 e. The van der Waals surface area contributed by atoms with Gasteiger partial charge in [0.1, 0.15) is 5.75 Å². The SMILES string of the molecule is COc1ccc(N2CCN(CCCn3c(O)ccc3O)CC2)cc1. The number of nitrogens with zero attached hydrogens (tertiary/aromatic N) is 3. The second kappa shape index (κ2) is 7.49. The summed E-state index contributed by atoms with van der Waals surface area (Å²) in [6.07, 6.45) is 0.901. The highest BCUT2D eigenvalue weighted by molar-refractivity contribution is 5.49. The number of aromatic nitrogens is 1. The van der Waals surface area contributed by atoms with Crippen LogP contribution in [0.25, 0.3) is 0 Å². The van der Waals surface area contributed by atoms with E-state index < -0.39 is 0 Å². The highest BCUT2D eigenvalue weighted by Crippen LogP contribution is 2.22. The first-order chi connectivity index (χ1) is 11.7. The van der Waals surface area contributed by atoms with Crippen molar-refractivity contribution in [1.29, 1.82) is 0 Å². The van der Waals surface area contributed by atoms with Crippen molar-refractivity contribution in [2.24, 2.45) is 0 Å². The van der Waals surface area contributed by atoms with Gasteiger partial charge >= 0.3 is 0 Å². The van der Waals surface area contributed by atoms with Crippen LogP contribution in [0.1, 0.15) is 6.42 Å². The Bertz CT molecular complexity index is 627. The van der Waals surface area contributed by atoms with Gasteiger partial charge in [-0.2, -0.15) is 0 Å². The molecule has 6 heteroatoms. The van der Waals surface area contributed by atoms with Crippen LogP contribution in [-0.4, -0.2) is 59.5 Å². The quantitative estimate of drug-likeness (QED) is 0.849. The average molecular weight is 331 g/mol. The molecule has 3 rings (SSSR count). The minimum Gasteiger partial charge on any atom is -0.497 e. The van der Waals surface area contributed by atoms with Crippen molar-refractivity contribution in [2.45, 2.75) is 13.0 Å². The Morgan fingerprint density at radius 3 is 2.08 bits per heavy atom. The monoisotopic (exact) mass is 331 g/mol. The average Bonchev–Trinajstić information content (AvgIpc) is 2.94. The van der Waals surface area contributed by atoms with Gasteiger partial charge in [-0.3, -0.25) is 9.47 Å². The highest BCUT2D eigenvalue weighted by Gasteiger charge is 2.17. The Morgan fingerprint density at radius 1 is 0.875 bits per heavy atom. The molecule has 0 amide bonds. The molecule has 0 atom stereocenters. The molecular weight excluding hydrogens is 306 g/mol. The molecule has 24 heavy (non-hydrogen) atoms. The zero-order valence-corrected chi connectivity index (χ0v) is 14.1. The molecule has 1 aliphatic rings. The van der Waals surface area contributed by atoms with E-state index in [1.165, 1.54) is 22.4 Å². The molecule has 1 aromatic carbocycles. The van der Waals surface area contributed by atoms with E-state index in [1.54, 1.807) is 7.11 Å². The van der Waals surface area contributed by atoms with E-state index >= 15 is 0 Å². The number of benzene rings is 1. The predicted molar refractivity (Wildman–Crippen MR) is 94.0 cm³/mol. The molecule has 0 unspecified atom stereocenters. The number of aromatic hydroxyl groups is 2. The summed E-state index contributed by atoms with van der Waals surface area (Å²) < 4.78 is 6.74. The lowest BCUT2D eigenvalue weighted by Gasteiger charge is -2.36. The Hall–Kier alpha value is -2.34. The van der Waals surface area contributed by atoms with Crippen molar-refractivity contribution in [1.82, 2.24) is 9.47 Å². The van der Waals surface area contributed by atoms with Gasteiger partial charge in [0.15, 0.2) is 11.8 Å². The summed E-state index contributed by atoms with van der Waals surface area (Å²) >= 11 is 0. The summed E-state index contributed by atoms with van der Waals surface area (Å²) in [6.45, 7) is 5.65. The maximum absolute atomic E-state index is 9.64. The summed E-state index contributed by atoms with van der Waals surface area (Å²) in [5.41, 5.74) is 1.23. The first-order valence-electron chi connectivity index (χ1n) is 8.36. The molecule has 1 aliphatic heterocycles. The summed E-state index contributed by atoms with van der Waals surface area (Å²) in [7, 11) is 1.68. The first-order valence-corrected chi connectivity index (χ1v) is 8.36. The maximum atomic E-state index is 9.64. The Labute approximate surface area is 142 Å². The van der Waals surface area contributed by atoms with Crippen molar-refractivity contribution < 1.29 is 14.9 Å². The van der Waals surface area contributed by atoms with Crippen LogP contribution in [0.15, 0.2) is 36.4 Å². The van der Waals surface area contributed by atoms with Gasteiger partial charge in [-0.1, -0.05) is 0 Å². The minimum atomic E-state index is 0.122. The van der Waals surface area contributed by atoms with Crippen LogP contribution in [0, 0.1) is 0 Å². The lowest BCUT2D eigenvalue weighted by Crippen LogP contribution is -2.46. The molecule has 1 aromatic heterocycles. The van der Waals surface area contributed by atoms with Gasteiger partial charge < -0.3 is 19.8 Å². The summed E-state index contributed by atoms with van der Waals surface area (Å²) in [6, 6.07) is 11.2. The number of hydrogen-bond donors (Lipinski definition) is 2. The molecule has 130 valence electrons. The van der Waals surface area contributed by atoms with Crippen molar-refractivity contribution in [3.63, 3.8) is 0 Å². The van der Waals surface area contributed by atoms with Crippen LogP contribution in [0.4, 0.5) is 5.69 Å².